The van der Waals surface area contributed by atoms with Crippen molar-refractivity contribution in [2.75, 3.05) is 10.6 Å². The summed E-state index contributed by atoms with van der Waals surface area (Å²) in [5.41, 5.74) is 2.11. The number of carbonyl (C=O) groups is 3. The van der Waals surface area contributed by atoms with E-state index in [1.807, 2.05) is 13.0 Å². The van der Waals surface area contributed by atoms with Gasteiger partial charge in [-0.2, -0.15) is 0 Å². The highest BCUT2D eigenvalue weighted by Gasteiger charge is 2.15. The maximum Gasteiger partial charge on any atom is 0.308 e. The van der Waals surface area contributed by atoms with Crippen molar-refractivity contribution < 1.29 is 23.5 Å². The summed E-state index contributed by atoms with van der Waals surface area (Å²) in [6.07, 6.45) is 1.39. The third-order valence-electron chi connectivity index (χ3n) is 3.77. The normalized spacial score (nSPS) is 10.2. The van der Waals surface area contributed by atoms with Crippen molar-refractivity contribution in [3.63, 3.8) is 0 Å². The first-order valence-corrected chi connectivity index (χ1v) is 8.48. The highest BCUT2D eigenvalue weighted by molar-refractivity contribution is 6.06. The molecule has 2 aromatic carbocycles. The molecule has 0 unspecified atom stereocenters. The van der Waals surface area contributed by atoms with Gasteiger partial charge < -0.3 is 19.8 Å². The van der Waals surface area contributed by atoms with Crippen molar-refractivity contribution in [1.29, 1.82) is 0 Å². The first-order valence-electron chi connectivity index (χ1n) is 8.48. The van der Waals surface area contributed by atoms with Crippen molar-refractivity contribution in [2.45, 2.75) is 13.8 Å². The van der Waals surface area contributed by atoms with Crippen LogP contribution in [0.25, 0.3) is 0 Å². The Morgan fingerprint density at radius 1 is 0.929 bits per heavy atom. The minimum absolute atomic E-state index is 0.116. The lowest BCUT2D eigenvalue weighted by Gasteiger charge is -2.13. The molecule has 0 fully saturated rings. The minimum Gasteiger partial charge on any atom is -0.459 e. The molecule has 3 rings (SSSR count). The molecule has 0 radical (unpaired) electrons. The Labute approximate surface area is 161 Å². The average molecular weight is 378 g/mol. The predicted octanol–water partition coefficient (Wildman–Crippen LogP) is 4.02. The highest BCUT2D eigenvalue weighted by Crippen LogP contribution is 2.29. The van der Waals surface area contributed by atoms with E-state index in [2.05, 4.69) is 10.6 Å². The van der Waals surface area contributed by atoms with Crippen LogP contribution in [0.5, 0.6) is 5.75 Å². The molecule has 1 aromatic heterocycles. The fraction of sp³-hybridized carbons (Fsp3) is 0.0952. The van der Waals surface area contributed by atoms with Gasteiger partial charge in [0.2, 0.25) is 0 Å². The summed E-state index contributed by atoms with van der Waals surface area (Å²) in [5, 5.41) is 5.36. The third kappa shape index (κ3) is 4.64. The molecular formula is C21H18N2O5. The molecule has 2 N–H and O–H groups in total. The van der Waals surface area contributed by atoms with Crippen LogP contribution >= 0.6 is 0 Å². The van der Waals surface area contributed by atoms with E-state index >= 15 is 0 Å². The molecule has 0 aliphatic heterocycles. The SMILES string of the molecule is CC(=O)Oc1cc(NC(=O)c2ccco2)ccc1NC(=O)c1cccc(C)c1. The topological polar surface area (TPSA) is 97.6 Å². The number of furan rings is 1. The van der Waals surface area contributed by atoms with Crippen molar-refractivity contribution in [1.82, 2.24) is 0 Å². The molecule has 0 spiro atoms. The van der Waals surface area contributed by atoms with Gasteiger partial charge >= 0.3 is 5.97 Å². The van der Waals surface area contributed by atoms with Crippen LogP contribution in [0.1, 0.15) is 33.4 Å². The summed E-state index contributed by atoms with van der Waals surface area (Å²) < 4.78 is 10.2. The van der Waals surface area contributed by atoms with E-state index in [4.69, 9.17) is 9.15 Å². The number of nitrogens with one attached hydrogen (secondary N) is 2. The molecule has 0 saturated carbocycles. The number of carbonyl (C=O) groups excluding carboxylic acids is 3. The molecule has 0 bridgehead atoms. The number of benzene rings is 2. The number of ether oxygens (including phenoxy) is 1. The zero-order valence-corrected chi connectivity index (χ0v) is 15.3. The standard InChI is InChI=1S/C21H18N2O5/c1-13-5-3-6-15(11-13)20(25)23-17-9-8-16(12-19(17)28-14(2)24)22-21(26)18-7-4-10-27-18/h3-12H,1-2H3,(H,22,26)(H,23,25). The van der Waals surface area contributed by atoms with Crippen LogP contribution in [0.2, 0.25) is 0 Å². The molecule has 0 aliphatic rings. The fourth-order valence-corrected chi connectivity index (χ4v) is 2.52. The summed E-state index contributed by atoms with van der Waals surface area (Å²) in [5.74, 6) is -1.09. The van der Waals surface area contributed by atoms with Gasteiger partial charge in [-0.05, 0) is 43.3 Å². The summed E-state index contributed by atoms with van der Waals surface area (Å²) in [4.78, 5) is 36.0. The van der Waals surface area contributed by atoms with E-state index in [1.165, 1.54) is 25.3 Å². The Kier molecular flexibility index (Phi) is 5.55. The zero-order chi connectivity index (χ0) is 20.1. The molecule has 28 heavy (non-hydrogen) atoms. The maximum atomic E-state index is 12.5. The molecule has 142 valence electrons. The van der Waals surface area contributed by atoms with E-state index in [-0.39, 0.29) is 17.4 Å². The van der Waals surface area contributed by atoms with Gasteiger partial charge in [-0.1, -0.05) is 17.7 Å². The van der Waals surface area contributed by atoms with Crippen LogP contribution in [-0.4, -0.2) is 17.8 Å². The maximum absolute atomic E-state index is 12.5. The molecule has 2 amide bonds. The van der Waals surface area contributed by atoms with Gasteiger partial charge in [-0.3, -0.25) is 14.4 Å². The monoisotopic (exact) mass is 378 g/mol. The summed E-state index contributed by atoms with van der Waals surface area (Å²) in [6, 6.07) is 14.8. The number of amides is 2. The Hall–Kier alpha value is -3.87. The van der Waals surface area contributed by atoms with Crippen LogP contribution < -0.4 is 15.4 Å². The van der Waals surface area contributed by atoms with Gasteiger partial charge in [0.05, 0.1) is 12.0 Å². The smallest absolute Gasteiger partial charge is 0.308 e. The molecule has 1 heterocycles. The number of esters is 1. The van der Waals surface area contributed by atoms with Crippen LogP contribution in [0.3, 0.4) is 0 Å². The van der Waals surface area contributed by atoms with Crippen molar-refractivity contribution in [3.05, 3.63) is 77.7 Å². The summed E-state index contributed by atoms with van der Waals surface area (Å²) in [6.45, 7) is 3.14. The quantitative estimate of drug-likeness (QED) is 0.516. The molecule has 3 aromatic rings. The van der Waals surface area contributed by atoms with Crippen molar-refractivity contribution >= 4 is 29.2 Å². The Morgan fingerprint density at radius 3 is 2.43 bits per heavy atom. The number of aryl methyl sites for hydroxylation is 1. The fourth-order valence-electron chi connectivity index (χ4n) is 2.52. The zero-order valence-electron chi connectivity index (χ0n) is 15.3. The molecular weight excluding hydrogens is 360 g/mol. The predicted molar refractivity (Wildman–Crippen MR) is 104 cm³/mol. The minimum atomic E-state index is -0.555. The van der Waals surface area contributed by atoms with Crippen molar-refractivity contribution in [2.24, 2.45) is 0 Å². The van der Waals surface area contributed by atoms with E-state index in [9.17, 15) is 14.4 Å². The van der Waals surface area contributed by atoms with Crippen molar-refractivity contribution in [3.8, 4) is 5.75 Å². The van der Waals surface area contributed by atoms with Gasteiger partial charge in [0.15, 0.2) is 11.5 Å². The lowest BCUT2D eigenvalue weighted by molar-refractivity contribution is -0.131. The van der Waals surface area contributed by atoms with Gasteiger partial charge in [0, 0.05) is 24.2 Å². The van der Waals surface area contributed by atoms with Gasteiger partial charge in [-0.25, -0.2) is 0 Å². The third-order valence-corrected chi connectivity index (χ3v) is 3.77. The average Bonchev–Trinajstić information content (AvgIpc) is 3.18. The molecule has 0 saturated heterocycles. The molecule has 0 atom stereocenters. The van der Waals surface area contributed by atoms with Crippen LogP contribution in [0.4, 0.5) is 11.4 Å². The largest absolute Gasteiger partial charge is 0.459 e. The first kappa shape index (κ1) is 18.9. The van der Waals surface area contributed by atoms with Gasteiger partial charge in [-0.15, -0.1) is 0 Å². The molecule has 7 heteroatoms. The van der Waals surface area contributed by atoms with E-state index in [0.29, 0.717) is 16.9 Å². The summed E-state index contributed by atoms with van der Waals surface area (Å²) >= 11 is 0. The number of hydrogen-bond acceptors (Lipinski definition) is 5. The van der Waals surface area contributed by atoms with Crippen LogP contribution in [0.15, 0.2) is 65.3 Å². The molecule has 7 nitrogen and oxygen atoms in total. The number of rotatable bonds is 5. The van der Waals surface area contributed by atoms with Crippen LogP contribution in [-0.2, 0) is 4.79 Å². The van der Waals surface area contributed by atoms with E-state index in [0.717, 1.165) is 5.56 Å². The second kappa shape index (κ2) is 8.22. The van der Waals surface area contributed by atoms with Gasteiger partial charge in [0.25, 0.3) is 11.8 Å². The first-order chi connectivity index (χ1) is 13.4. The van der Waals surface area contributed by atoms with E-state index < -0.39 is 11.9 Å². The second-order valence-corrected chi connectivity index (χ2v) is 6.06. The van der Waals surface area contributed by atoms with Crippen LogP contribution in [0, 0.1) is 6.92 Å². The number of hydrogen-bond donors (Lipinski definition) is 2. The van der Waals surface area contributed by atoms with E-state index in [1.54, 1.807) is 36.4 Å². The Bertz CT molecular complexity index is 1030. The molecule has 0 aliphatic carbocycles. The summed E-state index contributed by atoms with van der Waals surface area (Å²) in [7, 11) is 0. The Morgan fingerprint density at radius 2 is 1.75 bits per heavy atom. The lowest BCUT2D eigenvalue weighted by atomic mass is 10.1. The lowest BCUT2D eigenvalue weighted by Crippen LogP contribution is -2.15. The Balaban J connectivity index is 1.83. The van der Waals surface area contributed by atoms with Gasteiger partial charge in [0.1, 0.15) is 0 Å². The highest BCUT2D eigenvalue weighted by atomic mass is 16.5. The number of anilines is 2. The second-order valence-electron chi connectivity index (χ2n) is 6.06.